The second-order valence-electron chi connectivity index (χ2n) is 7.61. The zero-order valence-corrected chi connectivity index (χ0v) is 19.5. The van der Waals surface area contributed by atoms with Crippen LogP contribution in [0.3, 0.4) is 0 Å². The fourth-order valence-electron chi connectivity index (χ4n) is 3.54. The van der Waals surface area contributed by atoms with Gasteiger partial charge in [0.25, 0.3) is 5.56 Å². The zero-order valence-electron chi connectivity index (χ0n) is 18.8. The third-order valence-corrected chi connectivity index (χ3v) is 5.49. The number of imidazole rings is 1. The van der Waals surface area contributed by atoms with Crippen LogP contribution >= 0.6 is 11.6 Å². The number of aliphatic carboxylic acids is 1. The Kier molecular flexibility index (Phi) is 7.74. The van der Waals surface area contributed by atoms with Gasteiger partial charge < -0.3 is 21.1 Å². The number of amides is 1. The molecular weight excluding hydrogens is 511 g/mol. The highest BCUT2D eigenvalue weighted by Gasteiger charge is 2.38. The summed E-state index contributed by atoms with van der Waals surface area (Å²) in [4.78, 5) is 52.9. The Labute approximate surface area is 205 Å². The monoisotopic (exact) mass is 531 g/mol. The molecule has 36 heavy (non-hydrogen) atoms. The standard InChI is InChI=1S/C18H20ClN7O3.C2HF3O2/c1-23-15-14(16(28)25(18(23)29)10-13(20)27)26(12-5-3-2-4-11(12)19)17(22-15)24-8-6-21-7-9-24;3-2(4,5)1(6)7/h2-5,21H,6-10H2,1H3,(H2,20,27);(H,6,7). The maximum atomic E-state index is 13.2. The number of carbonyl (C=O) groups excluding carboxylic acids is 1. The molecule has 1 aliphatic rings. The molecule has 4 rings (SSSR count). The number of para-hydroxylation sites is 1. The molecule has 4 N–H and O–H groups in total. The molecule has 2 aromatic heterocycles. The lowest BCUT2D eigenvalue weighted by molar-refractivity contribution is -0.192. The number of nitrogens with two attached hydrogens (primary N) is 1. The van der Waals surface area contributed by atoms with Crippen LogP contribution in [0.1, 0.15) is 0 Å². The summed E-state index contributed by atoms with van der Waals surface area (Å²) < 4.78 is 35.5. The molecule has 3 heterocycles. The fourth-order valence-corrected chi connectivity index (χ4v) is 3.76. The molecule has 0 unspecified atom stereocenters. The smallest absolute Gasteiger partial charge is 0.475 e. The van der Waals surface area contributed by atoms with Gasteiger partial charge in [0.2, 0.25) is 11.9 Å². The van der Waals surface area contributed by atoms with E-state index in [0.29, 0.717) is 29.7 Å². The van der Waals surface area contributed by atoms with Crippen molar-refractivity contribution in [1.29, 1.82) is 0 Å². The van der Waals surface area contributed by atoms with E-state index in [1.165, 1.54) is 11.6 Å². The van der Waals surface area contributed by atoms with Crippen LogP contribution in [0.5, 0.6) is 0 Å². The van der Waals surface area contributed by atoms with Crippen molar-refractivity contribution in [2.24, 2.45) is 12.8 Å². The number of carboxylic acid groups (broad SMARTS) is 1. The van der Waals surface area contributed by atoms with Crippen molar-refractivity contribution < 1.29 is 27.9 Å². The van der Waals surface area contributed by atoms with Gasteiger partial charge in [0.1, 0.15) is 6.54 Å². The van der Waals surface area contributed by atoms with Gasteiger partial charge in [-0.1, -0.05) is 23.7 Å². The number of rotatable bonds is 4. The molecule has 0 aliphatic carbocycles. The summed E-state index contributed by atoms with van der Waals surface area (Å²) in [6.45, 7) is 2.36. The Morgan fingerprint density at radius 2 is 1.78 bits per heavy atom. The second-order valence-corrected chi connectivity index (χ2v) is 8.02. The van der Waals surface area contributed by atoms with E-state index in [2.05, 4.69) is 10.3 Å². The normalized spacial score (nSPS) is 13.9. The molecule has 0 saturated carbocycles. The summed E-state index contributed by atoms with van der Waals surface area (Å²) in [5.74, 6) is -3.03. The van der Waals surface area contributed by atoms with Gasteiger partial charge in [-0.3, -0.25) is 18.7 Å². The van der Waals surface area contributed by atoms with Crippen LogP contribution in [0.15, 0.2) is 33.9 Å². The number of anilines is 1. The number of fused-ring (bicyclic) bond motifs is 1. The SMILES string of the molecule is Cn1c(=O)n(CC(N)=O)c(=O)c2c1nc(N1CCNCC1)n2-c1ccccc1Cl.O=C(O)C(F)(F)F. The number of nitrogens with one attached hydrogen (secondary N) is 1. The first kappa shape index (κ1) is 26.7. The van der Waals surface area contributed by atoms with Crippen molar-refractivity contribution in [3.8, 4) is 5.69 Å². The molecular formula is C20H21ClF3N7O5. The van der Waals surface area contributed by atoms with Gasteiger partial charge in [0.15, 0.2) is 11.2 Å². The van der Waals surface area contributed by atoms with Crippen molar-refractivity contribution >= 4 is 40.6 Å². The number of carbonyl (C=O) groups is 2. The van der Waals surface area contributed by atoms with E-state index >= 15 is 0 Å². The van der Waals surface area contributed by atoms with E-state index in [1.807, 2.05) is 4.90 Å². The predicted octanol–water partition coefficient (Wildman–Crippen LogP) is 0.0675. The Morgan fingerprint density at radius 3 is 2.31 bits per heavy atom. The molecule has 16 heteroatoms. The summed E-state index contributed by atoms with van der Waals surface area (Å²) in [6.07, 6.45) is -5.08. The molecule has 0 spiro atoms. The molecule has 0 bridgehead atoms. The lowest BCUT2D eigenvalue weighted by Crippen LogP contribution is -2.44. The fraction of sp³-hybridized carbons (Fsp3) is 0.350. The third-order valence-electron chi connectivity index (χ3n) is 5.17. The molecule has 0 radical (unpaired) electrons. The van der Waals surface area contributed by atoms with E-state index in [-0.39, 0.29) is 11.2 Å². The molecule has 1 fully saturated rings. The first-order chi connectivity index (χ1) is 16.8. The van der Waals surface area contributed by atoms with Gasteiger partial charge in [-0.05, 0) is 12.1 Å². The first-order valence-electron chi connectivity index (χ1n) is 10.4. The van der Waals surface area contributed by atoms with E-state index in [0.717, 1.165) is 17.7 Å². The van der Waals surface area contributed by atoms with Crippen molar-refractivity contribution in [3.05, 3.63) is 50.1 Å². The number of halogens is 4. The van der Waals surface area contributed by atoms with Gasteiger partial charge in [-0.15, -0.1) is 0 Å². The summed E-state index contributed by atoms with van der Waals surface area (Å²) in [5, 5.41) is 10.8. The second kappa shape index (κ2) is 10.4. The minimum atomic E-state index is -5.08. The number of nitrogens with zero attached hydrogens (tertiary/aromatic N) is 5. The van der Waals surface area contributed by atoms with Crippen molar-refractivity contribution in [3.63, 3.8) is 0 Å². The van der Waals surface area contributed by atoms with Crippen molar-refractivity contribution in [1.82, 2.24) is 24.0 Å². The van der Waals surface area contributed by atoms with Crippen LogP contribution in [0.2, 0.25) is 5.02 Å². The number of primary amides is 1. The molecule has 0 atom stereocenters. The number of hydrogen-bond donors (Lipinski definition) is 3. The number of alkyl halides is 3. The summed E-state index contributed by atoms with van der Waals surface area (Å²) >= 11 is 6.44. The average molecular weight is 532 g/mol. The summed E-state index contributed by atoms with van der Waals surface area (Å²) in [6, 6.07) is 7.08. The minimum Gasteiger partial charge on any atom is -0.475 e. The van der Waals surface area contributed by atoms with Crippen LogP contribution in [-0.2, 0) is 23.2 Å². The van der Waals surface area contributed by atoms with Gasteiger partial charge in [-0.2, -0.15) is 18.2 Å². The maximum Gasteiger partial charge on any atom is 0.490 e. The molecule has 194 valence electrons. The summed E-state index contributed by atoms with van der Waals surface area (Å²) in [5.41, 5.74) is 4.89. The molecule has 1 aromatic carbocycles. The van der Waals surface area contributed by atoms with Gasteiger partial charge in [0.05, 0.1) is 10.7 Å². The Morgan fingerprint density at radius 1 is 1.19 bits per heavy atom. The van der Waals surface area contributed by atoms with Gasteiger partial charge in [0, 0.05) is 33.2 Å². The van der Waals surface area contributed by atoms with Crippen molar-refractivity contribution in [2.75, 3.05) is 31.1 Å². The Bertz CT molecular complexity index is 1420. The number of aryl methyl sites for hydroxylation is 1. The lowest BCUT2D eigenvalue weighted by Gasteiger charge is -2.28. The summed E-state index contributed by atoms with van der Waals surface area (Å²) in [7, 11) is 1.51. The first-order valence-corrected chi connectivity index (χ1v) is 10.7. The van der Waals surface area contributed by atoms with E-state index in [1.54, 1.807) is 28.8 Å². The highest BCUT2D eigenvalue weighted by atomic mass is 35.5. The van der Waals surface area contributed by atoms with Crippen molar-refractivity contribution in [2.45, 2.75) is 12.7 Å². The number of hydrogen-bond acceptors (Lipinski definition) is 7. The maximum absolute atomic E-state index is 13.2. The third kappa shape index (κ3) is 5.36. The Balaban J connectivity index is 0.000000454. The molecule has 1 amide bonds. The molecule has 1 saturated heterocycles. The van der Waals surface area contributed by atoms with Crippen LogP contribution in [0, 0.1) is 0 Å². The average Bonchev–Trinajstić information content (AvgIpc) is 3.22. The number of aromatic nitrogens is 4. The highest BCUT2D eigenvalue weighted by molar-refractivity contribution is 6.32. The van der Waals surface area contributed by atoms with Crippen LogP contribution < -0.4 is 27.2 Å². The molecule has 12 nitrogen and oxygen atoms in total. The van der Waals surface area contributed by atoms with E-state index < -0.39 is 35.8 Å². The predicted molar refractivity (Wildman–Crippen MR) is 124 cm³/mol. The Hall–Kier alpha value is -3.85. The van der Waals surface area contributed by atoms with Gasteiger partial charge in [-0.25, -0.2) is 14.2 Å². The lowest BCUT2D eigenvalue weighted by atomic mass is 10.3. The quantitative estimate of drug-likeness (QED) is 0.427. The number of piperazine rings is 1. The van der Waals surface area contributed by atoms with E-state index in [4.69, 9.17) is 27.2 Å². The number of carboxylic acids is 1. The molecule has 3 aromatic rings. The topological polar surface area (TPSA) is 157 Å². The largest absolute Gasteiger partial charge is 0.490 e. The molecule has 1 aliphatic heterocycles. The highest BCUT2D eigenvalue weighted by Crippen LogP contribution is 2.29. The minimum absolute atomic E-state index is 0.162. The van der Waals surface area contributed by atoms with Gasteiger partial charge >= 0.3 is 17.8 Å². The number of benzene rings is 1. The van der Waals surface area contributed by atoms with E-state index in [9.17, 15) is 27.6 Å². The van der Waals surface area contributed by atoms with Crippen LogP contribution in [0.4, 0.5) is 19.1 Å². The van der Waals surface area contributed by atoms with Crippen LogP contribution in [0.25, 0.3) is 16.9 Å². The zero-order chi connectivity index (χ0) is 26.8. The van der Waals surface area contributed by atoms with Crippen LogP contribution in [-0.4, -0.2) is 68.0 Å².